The van der Waals surface area contributed by atoms with Crippen LogP contribution in [0.15, 0.2) is 24.3 Å². The zero-order valence-corrected chi connectivity index (χ0v) is 7.10. The van der Waals surface area contributed by atoms with E-state index in [1.54, 1.807) is 12.1 Å². The fraction of sp³-hybridized carbons (Fsp3) is 0.200. The molecule has 1 aromatic carbocycles. The van der Waals surface area contributed by atoms with Crippen molar-refractivity contribution >= 4 is 5.97 Å². The zero-order chi connectivity index (χ0) is 9.84. The molecule has 2 N–H and O–H groups in total. The summed E-state index contributed by atoms with van der Waals surface area (Å²) in [5, 5.41) is 17.5. The van der Waals surface area contributed by atoms with Gasteiger partial charge in [-0.2, -0.15) is 0 Å². The molecule has 0 amide bonds. The summed E-state index contributed by atoms with van der Waals surface area (Å²) < 4.78 is 0. The predicted octanol–water partition coefficient (Wildman–Crippen LogP) is 1.29. The topological polar surface area (TPSA) is 57.5 Å². The molecule has 1 unspecified atom stereocenters. The highest BCUT2D eigenvalue weighted by Gasteiger charge is 2.07. The third-order valence-corrected chi connectivity index (χ3v) is 1.83. The normalized spacial score (nSPS) is 12.5. The molecule has 0 saturated heterocycles. The molecule has 69 valence electrons. The Hall–Kier alpha value is -1.35. The molecule has 0 spiro atoms. The first kappa shape index (κ1) is 9.74. The van der Waals surface area contributed by atoms with Gasteiger partial charge in [-0.05, 0) is 24.6 Å². The molecule has 0 aromatic heterocycles. The van der Waals surface area contributed by atoms with Crippen LogP contribution in [0.4, 0.5) is 0 Å². The molecule has 0 bridgehead atoms. The van der Waals surface area contributed by atoms with Crippen LogP contribution in [0.3, 0.4) is 0 Å². The number of carboxylic acid groups (broad SMARTS) is 1. The Morgan fingerprint density at radius 3 is 2.77 bits per heavy atom. The Kier molecular flexibility index (Phi) is 3.03. The standard InChI is InChI=1S/C10H11O3/c1-7(6-11)8-3-2-4-9(5-8)10(12)13/h2-5,7,11H,1,6H2,(H,12,13). The summed E-state index contributed by atoms with van der Waals surface area (Å²) in [6, 6.07) is 6.43. The number of rotatable bonds is 3. The minimum Gasteiger partial charge on any atom is -0.478 e. The zero-order valence-electron chi connectivity index (χ0n) is 7.10. The Morgan fingerprint density at radius 1 is 1.54 bits per heavy atom. The van der Waals surface area contributed by atoms with E-state index in [0.29, 0.717) is 0 Å². The smallest absolute Gasteiger partial charge is 0.335 e. The van der Waals surface area contributed by atoms with Crippen molar-refractivity contribution in [1.29, 1.82) is 0 Å². The SMILES string of the molecule is [CH2]C(CO)c1cccc(C(=O)O)c1. The molecule has 0 saturated carbocycles. The van der Waals surface area contributed by atoms with Crippen LogP contribution in [0.2, 0.25) is 0 Å². The molecule has 1 atom stereocenters. The first-order chi connectivity index (χ1) is 6.15. The van der Waals surface area contributed by atoms with Crippen molar-refractivity contribution in [2.45, 2.75) is 5.92 Å². The van der Waals surface area contributed by atoms with Gasteiger partial charge in [-0.1, -0.05) is 12.1 Å². The monoisotopic (exact) mass is 179 g/mol. The van der Waals surface area contributed by atoms with Crippen LogP contribution in [0.5, 0.6) is 0 Å². The maximum absolute atomic E-state index is 10.6. The van der Waals surface area contributed by atoms with Crippen molar-refractivity contribution in [3.05, 3.63) is 42.3 Å². The van der Waals surface area contributed by atoms with E-state index in [-0.39, 0.29) is 18.1 Å². The lowest BCUT2D eigenvalue weighted by Crippen LogP contribution is -2.02. The van der Waals surface area contributed by atoms with Crippen LogP contribution in [0.1, 0.15) is 21.8 Å². The van der Waals surface area contributed by atoms with Gasteiger partial charge in [0.25, 0.3) is 0 Å². The Morgan fingerprint density at radius 2 is 2.23 bits per heavy atom. The number of carboxylic acids is 1. The van der Waals surface area contributed by atoms with E-state index in [9.17, 15) is 4.79 Å². The summed E-state index contributed by atoms with van der Waals surface area (Å²) in [4.78, 5) is 10.6. The Bertz CT molecular complexity index is 307. The largest absolute Gasteiger partial charge is 0.478 e. The molecule has 13 heavy (non-hydrogen) atoms. The third-order valence-electron chi connectivity index (χ3n) is 1.83. The van der Waals surface area contributed by atoms with Gasteiger partial charge in [0, 0.05) is 12.5 Å². The molecule has 0 heterocycles. The van der Waals surface area contributed by atoms with E-state index < -0.39 is 5.97 Å². The van der Waals surface area contributed by atoms with E-state index in [0.717, 1.165) is 5.56 Å². The van der Waals surface area contributed by atoms with Gasteiger partial charge < -0.3 is 10.2 Å². The van der Waals surface area contributed by atoms with E-state index >= 15 is 0 Å². The number of aromatic carboxylic acids is 1. The average Bonchev–Trinajstić information content (AvgIpc) is 2.17. The highest BCUT2D eigenvalue weighted by molar-refractivity contribution is 5.87. The molecule has 1 aromatic rings. The van der Waals surface area contributed by atoms with Gasteiger partial charge in [0.2, 0.25) is 0 Å². The summed E-state index contributed by atoms with van der Waals surface area (Å²) >= 11 is 0. The molecule has 0 fully saturated rings. The van der Waals surface area contributed by atoms with Crippen molar-refractivity contribution in [3.8, 4) is 0 Å². The van der Waals surface area contributed by atoms with Crippen LogP contribution >= 0.6 is 0 Å². The molecule has 3 heteroatoms. The van der Waals surface area contributed by atoms with Gasteiger partial charge in [0.1, 0.15) is 0 Å². The summed E-state index contributed by atoms with van der Waals surface area (Å²) in [7, 11) is 0. The van der Waals surface area contributed by atoms with Gasteiger partial charge in [-0.15, -0.1) is 0 Å². The van der Waals surface area contributed by atoms with E-state index in [2.05, 4.69) is 6.92 Å². The second-order valence-corrected chi connectivity index (χ2v) is 2.81. The highest BCUT2D eigenvalue weighted by atomic mass is 16.4. The molecule has 3 nitrogen and oxygen atoms in total. The number of hydrogen-bond donors (Lipinski definition) is 2. The summed E-state index contributed by atoms with van der Waals surface area (Å²) in [5.74, 6) is -1.23. The van der Waals surface area contributed by atoms with Gasteiger partial charge in [-0.25, -0.2) is 4.79 Å². The van der Waals surface area contributed by atoms with Gasteiger partial charge in [0.15, 0.2) is 0 Å². The molecule has 1 radical (unpaired) electrons. The minimum atomic E-state index is -0.966. The third kappa shape index (κ3) is 2.29. The fourth-order valence-electron chi connectivity index (χ4n) is 1.03. The highest BCUT2D eigenvalue weighted by Crippen LogP contribution is 2.15. The van der Waals surface area contributed by atoms with Crippen molar-refractivity contribution in [3.63, 3.8) is 0 Å². The van der Waals surface area contributed by atoms with E-state index in [1.807, 2.05) is 0 Å². The number of hydrogen-bond acceptors (Lipinski definition) is 2. The summed E-state index contributed by atoms with van der Waals surface area (Å²) in [5.41, 5.74) is 0.960. The molecular formula is C10H11O3. The van der Waals surface area contributed by atoms with Crippen molar-refractivity contribution in [2.24, 2.45) is 0 Å². The maximum Gasteiger partial charge on any atom is 0.335 e. The van der Waals surface area contributed by atoms with E-state index in [4.69, 9.17) is 10.2 Å². The van der Waals surface area contributed by atoms with Gasteiger partial charge >= 0.3 is 5.97 Å². The number of carbonyl (C=O) groups is 1. The Balaban J connectivity index is 2.98. The first-order valence-electron chi connectivity index (χ1n) is 3.92. The summed E-state index contributed by atoms with van der Waals surface area (Å²) in [6.45, 7) is 3.60. The molecule has 0 aliphatic heterocycles. The van der Waals surface area contributed by atoms with Crippen LogP contribution < -0.4 is 0 Å². The van der Waals surface area contributed by atoms with Gasteiger partial charge in [0.05, 0.1) is 5.56 Å². The summed E-state index contributed by atoms with van der Waals surface area (Å²) in [6.07, 6.45) is 0. The van der Waals surface area contributed by atoms with Crippen molar-refractivity contribution in [2.75, 3.05) is 6.61 Å². The van der Waals surface area contributed by atoms with Crippen LogP contribution in [-0.4, -0.2) is 22.8 Å². The minimum absolute atomic E-state index is 0.0803. The lowest BCUT2D eigenvalue weighted by atomic mass is 10.00. The Labute approximate surface area is 76.6 Å². The van der Waals surface area contributed by atoms with Crippen LogP contribution in [-0.2, 0) is 0 Å². The van der Waals surface area contributed by atoms with Crippen molar-refractivity contribution < 1.29 is 15.0 Å². The molecule has 0 aliphatic carbocycles. The lowest BCUT2D eigenvalue weighted by Gasteiger charge is -2.07. The van der Waals surface area contributed by atoms with Crippen LogP contribution in [0.25, 0.3) is 0 Å². The molecule has 0 aliphatic rings. The fourth-order valence-corrected chi connectivity index (χ4v) is 1.03. The van der Waals surface area contributed by atoms with Gasteiger partial charge in [-0.3, -0.25) is 0 Å². The maximum atomic E-state index is 10.6. The number of aliphatic hydroxyl groups is 1. The molecule has 1 rings (SSSR count). The predicted molar refractivity (Wildman–Crippen MR) is 48.6 cm³/mol. The number of benzene rings is 1. The second kappa shape index (κ2) is 4.05. The quantitative estimate of drug-likeness (QED) is 0.735. The number of aliphatic hydroxyl groups excluding tert-OH is 1. The van der Waals surface area contributed by atoms with E-state index in [1.165, 1.54) is 12.1 Å². The first-order valence-corrected chi connectivity index (χ1v) is 3.92. The second-order valence-electron chi connectivity index (χ2n) is 2.81. The van der Waals surface area contributed by atoms with Crippen molar-refractivity contribution in [1.82, 2.24) is 0 Å². The average molecular weight is 179 g/mol. The lowest BCUT2D eigenvalue weighted by molar-refractivity contribution is 0.0696. The molecular weight excluding hydrogens is 168 g/mol. The van der Waals surface area contributed by atoms with Crippen LogP contribution in [0, 0.1) is 6.92 Å².